The van der Waals surface area contributed by atoms with Gasteiger partial charge < -0.3 is 9.47 Å². The molecule has 0 spiro atoms. The quantitative estimate of drug-likeness (QED) is 0.827. The van der Waals surface area contributed by atoms with Crippen LogP contribution in [0.5, 0.6) is 11.5 Å². The van der Waals surface area contributed by atoms with Gasteiger partial charge >= 0.3 is 0 Å². The molecule has 112 valence electrons. The summed E-state index contributed by atoms with van der Waals surface area (Å²) in [6.45, 7) is 7.66. The number of ether oxygens (including phenoxy) is 2. The van der Waals surface area contributed by atoms with Crippen LogP contribution in [0, 0.1) is 11.3 Å². The Morgan fingerprint density at radius 1 is 1.33 bits per heavy atom. The maximum Gasteiger partial charge on any atom is 0.141 e. The smallest absolute Gasteiger partial charge is 0.141 e. The summed E-state index contributed by atoms with van der Waals surface area (Å²) < 4.78 is 11.3. The topological polar surface area (TPSA) is 31.4 Å². The van der Waals surface area contributed by atoms with E-state index in [-0.39, 0.29) is 0 Å². The third kappa shape index (κ3) is 2.97. The van der Waals surface area contributed by atoms with Crippen molar-refractivity contribution in [2.75, 3.05) is 13.7 Å². The van der Waals surface area contributed by atoms with Crippen molar-refractivity contribution in [2.45, 2.75) is 33.6 Å². The van der Waals surface area contributed by atoms with Crippen molar-refractivity contribution >= 4 is 10.9 Å². The zero-order valence-electron chi connectivity index (χ0n) is 13.3. The Bertz CT molecular complexity index is 653. The summed E-state index contributed by atoms with van der Waals surface area (Å²) in [7, 11) is 1.70. The van der Waals surface area contributed by atoms with Crippen LogP contribution in [0.4, 0.5) is 0 Å². The molecule has 0 N–H and O–H groups in total. The van der Waals surface area contributed by atoms with E-state index in [1.807, 2.05) is 18.3 Å². The van der Waals surface area contributed by atoms with Crippen LogP contribution in [0.2, 0.25) is 0 Å². The zero-order chi connectivity index (χ0) is 15.0. The van der Waals surface area contributed by atoms with Crippen molar-refractivity contribution in [1.29, 1.82) is 0 Å². The Kier molecular flexibility index (Phi) is 3.52. The van der Waals surface area contributed by atoms with Crippen LogP contribution in [-0.4, -0.2) is 18.7 Å². The molecule has 0 saturated carbocycles. The number of fused-ring (bicyclic) bond motifs is 3. The average Bonchev–Trinajstić information content (AvgIpc) is 2.45. The van der Waals surface area contributed by atoms with E-state index >= 15 is 0 Å². The molecule has 1 aromatic heterocycles. The van der Waals surface area contributed by atoms with Gasteiger partial charge in [-0.1, -0.05) is 20.8 Å². The minimum atomic E-state index is 0.325. The monoisotopic (exact) mass is 285 g/mol. The highest BCUT2D eigenvalue weighted by Crippen LogP contribution is 2.37. The van der Waals surface area contributed by atoms with Crippen molar-refractivity contribution in [2.24, 2.45) is 11.3 Å². The number of hydrogen-bond donors (Lipinski definition) is 0. The second kappa shape index (κ2) is 5.21. The van der Waals surface area contributed by atoms with Crippen LogP contribution >= 0.6 is 0 Å². The fourth-order valence-corrected chi connectivity index (χ4v) is 3.22. The second-order valence-electron chi connectivity index (χ2n) is 7.13. The molecule has 1 unspecified atom stereocenters. The molecule has 3 heteroatoms. The van der Waals surface area contributed by atoms with Crippen LogP contribution in [0.1, 0.15) is 32.8 Å². The summed E-state index contributed by atoms with van der Waals surface area (Å²) in [5.74, 6) is 2.37. The van der Waals surface area contributed by atoms with Gasteiger partial charge in [0.2, 0.25) is 0 Å². The average molecular weight is 285 g/mol. The van der Waals surface area contributed by atoms with E-state index in [2.05, 4.69) is 31.8 Å². The fraction of sp³-hybridized carbons (Fsp3) is 0.500. The first kappa shape index (κ1) is 14.2. The van der Waals surface area contributed by atoms with Crippen molar-refractivity contribution < 1.29 is 9.47 Å². The van der Waals surface area contributed by atoms with Gasteiger partial charge in [-0.05, 0) is 42.4 Å². The normalized spacial score (nSPS) is 18.2. The first-order valence-electron chi connectivity index (χ1n) is 7.55. The van der Waals surface area contributed by atoms with Crippen LogP contribution in [0.25, 0.3) is 10.9 Å². The van der Waals surface area contributed by atoms with Gasteiger partial charge in [0.25, 0.3) is 0 Å². The number of nitrogens with zero attached hydrogens (tertiary/aromatic N) is 1. The van der Waals surface area contributed by atoms with Gasteiger partial charge in [0, 0.05) is 10.9 Å². The number of hydrogen-bond acceptors (Lipinski definition) is 3. The summed E-state index contributed by atoms with van der Waals surface area (Å²) in [6.07, 6.45) is 4.08. The Hall–Kier alpha value is -1.77. The lowest BCUT2D eigenvalue weighted by atomic mass is 9.81. The Balaban J connectivity index is 2.00. The highest BCUT2D eigenvalue weighted by atomic mass is 16.5. The molecule has 1 atom stereocenters. The molecule has 1 aromatic carbocycles. The SMILES string of the molecule is COc1ccc2ncc3c(c2c1)CC(CC(C)(C)C)CO3. The van der Waals surface area contributed by atoms with Gasteiger partial charge in [-0.15, -0.1) is 0 Å². The van der Waals surface area contributed by atoms with E-state index in [4.69, 9.17) is 9.47 Å². The lowest BCUT2D eigenvalue weighted by Gasteiger charge is -2.30. The van der Waals surface area contributed by atoms with Crippen molar-refractivity contribution in [3.8, 4) is 11.5 Å². The summed E-state index contributed by atoms with van der Waals surface area (Å²) in [6, 6.07) is 6.05. The molecule has 0 fully saturated rings. The molecule has 1 aliphatic rings. The molecular formula is C18H23NO2. The van der Waals surface area contributed by atoms with Gasteiger partial charge in [0.1, 0.15) is 11.5 Å². The minimum Gasteiger partial charge on any atom is -0.497 e. The van der Waals surface area contributed by atoms with Gasteiger partial charge in [-0.2, -0.15) is 0 Å². The van der Waals surface area contributed by atoms with Crippen molar-refractivity contribution in [3.05, 3.63) is 30.0 Å². The first-order valence-corrected chi connectivity index (χ1v) is 7.55. The molecule has 2 aromatic rings. The van der Waals surface area contributed by atoms with Crippen LogP contribution in [-0.2, 0) is 6.42 Å². The molecule has 0 saturated heterocycles. The highest BCUT2D eigenvalue weighted by Gasteiger charge is 2.26. The Labute approximate surface area is 126 Å². The van der Waals surface area contributed by atoms with E-state index < -0.39 is 0 Å². The largest absolute Gasteiger partial charge is 0.497 e. The summed E-state index contributed by atoms with van der Waals surface area (Å²) in [4.78, 5) is 4.49. The summed E-state index contributed by atoms with van der Waals surface area (Å²) in [5.41, 5.74) is 2.61. The fourth-order valence-electron chi connectivity index (χ4n) is 3.22. The maximum absolute atomic E-state index is 5.96. The van der Waals surface area contributed by atoms with E-state index in [1.54, 1.807) is 7.11 Å². The Morgan fingerprint density at radius 3 is 2.86 bits per heavy atom. The lowest BCUT2D eigenvalue weighted by molar-refractivity contribution is 0.175. The zero-order valence-corrected chi connectivity index (χ0v) is 13.3. The second-order valence-corrected chi connectivity index (χ2v) is 7.13. The highest BCUT2D eigenvalue weighted by molar-refractivity contribution is 5.85. The van der Waals surface area contributed by atoms with Crippen LogP contribution in [0.15, 0.2) is 24.4 Å². The van der Waals surface area contributed by atoms with Gasteiger partial charge in [-0.25, -0.2) is 0 Å². The molecule has 3 rings (SSSR count). The molecule has 0 bridgehead atoms. The standard InChI is InChI=1S/C18H23NO2/c1-18(2,3)9-12-7-15-14-8-13(20-4)5-6-16(14)19-10-17(15)21-11-12/h5-6,8,10,12H,7,9,11H2,1-4H3. The summed E-state index contributed by atoms with van der Waals surface area (Å²) >= 11 is 0. The molecule has 0 radical (unpaired) electrons. The third-order valence-corrected chi connectivity index (χ3v) is 4.02. The first-order chi connectivity index (χ1) is 9.96. The van der Waals surface area contributed by atoms with E-state index in [0.29, 0.717) is 11.3 Å². The Morgan fingerprint density at radius 2 is 2.14 bits per heavy atom. The lowest BCUT2D eigenvalue weighted by Crippen LogP contribution is -2.25. The predicted molar refractivity (Wildman–Crippen MR) is 85.1 cm³/mol. The number of benzene rings is 1. The number of rotatable bonds is 2. The molecular weight excluding hydrogens is 262 g/mol. The predicted octanol–water partition coefficient (Wildman–Crippen LogP) is 4.23. The molecule has 21 heavy (non-hydrogen) atoms. The minimum absolute atomic E-state index is 0.325. The maximum atomic E-state index is 5.96. The van der Waals surface area contributed by atoms with Crippen molar-refractivity contribution in [1.82, 2.24) is 4.98 Å². The molecule has 0 aliphatic carbocycles. The molecule has 1 aliphatic heterocycles. The van der Waals surface area contributed by atoms with Gasteiger partial charge in [0.15, 0.2) is 0 Å². The number of methoxy groups -OCH3 is 1. The number of pyridine rings is 1. The van der Waals surface area contributed by atoms with Crippen LogP contribution in [0.3, 0.4) is 0 Å². The molecule has 0 amide bonds. The van der Waals surface area contributed by atoms with E-state index in [0.717, 1.165) is 35.4 Å². The molecule has 3 nitrogen and oxygen atoms in total. The van der Waals surface area contributed by atoms with E-state index in [1.165, 1.54) is 12.0 Å². The molecule has 2 heterocycles. The van der Waals surface area contributed by atoms with Crippen molar-refractivity contribution in [3.63, 3.8) is 0 Å². The van der Waals surface area contributed by atoms with E-state index in [9.17, 15) is 0 Å². The van der Waals surface area contributed by atoms with Gasteiger partial charge in [-0.3, -0.25) is 4.98 Å². The van der Waals surface area contributed by atoms with Gasteiger partial charge in [0.05, 0.1) is 25.4 Å². The van der Waals surface area contributed by atoms with Crippen LogP contribution < -0.4 is 9.47 Å². The number of aromatic nitrogens is 1. The third-order valence-electron chi connectivity index (χ3n) is 4.02. The summed E-state index contributed by atoms with van der Waals surface area (Å²) in [5, 5.41) is 1.16.